The van der Waals surface area contributed by atoms with Crippen LogP contribution in [0.2, 0.25) is 0 Å². The van der Waals surface area contributed by atoms with Crippen LogP contribution in [-0.2, 0) is 12.4 Å². The van der Waals surface area contributed by atoms with Gasteiger partial charge in [-0.25, -0.2) is 0 Å². The molecule has 0 aliphatic rings. The molecular formula is C19H7F6N9O12. The number of aromatic nitrogens is 1. The second-order valence-corrected chi connectivity index (χ2v) is 8.29. The number of rotatable bonds is 10. The molecule has 0 fully saturated rings. The summed E-state index contributed by atoms with van der Waals surface area (Å²) in [6, 6.07) is -0.913. The number of nitro benzene ring substituents is 4. The lowest BCUT2D eigenvalue weighted by Crippen LogP contribution is -2.12. The molecule has 0 saturated heterocycles. The topological polar surface area (TPSA) is 296 Å². The Balaban J connectivity index is 2.40. The van der Waals surface area contributed by atoms with E-state index >= 15 is 0 Å². The van der Waals surface area contributed by atoms with E-state index in [4.69, 9.17) is 0 Å². The average molecular weight is 667 g/mol. The molecule has 27 heteroatoms. The molecule has 0 aliphatic carbocycles. The van der Waals surface area contributed by atoms with Crippen LogP contribution in [0, 0.1) is 60.7 Å². The quantitative estimate of drug-likeness (QED) is 0.141. The zero-order chi connectivity index (χ0) is 35.0. The van der Waals surface area contributed by atoms with E-state index < -0.39 is 110 Å². The molecule has 0 atom stereocenters. The molecule has 3 aromatic rings. The molecule has 0 radical (unpaired) electrons. The van der Waals surface area contributed by atoms with Crippen LogP contribution in [0.25, 0.3) is 0 Å². The fourth-order valence-corrected chi connectivity index (χ4v) is 3.57. The first-order chi connectivity index (χ1) is 21.0. The Kier molecular flexibility index (Phi) is 8.56. The normalized spacial score (nSPS) is 11.4. The van der Waals surface area contributed by atoms with Crippen molar-refractivity contribution in [3.8, 4) is 0 Å². The van der Waals surface area contributed by atoms with Gasteiger partial charge in [0.05, 0.1) is 40.7 Å². The van der Waals surface area contributed by atoms with Crippen molar-refractivity contribution in [3.63, 3.8) is 0 Å². The molecular weight excluding hydrogens is 660 g/mol. The van der Waals surface area contributed by atoms with Crippen molar-refractivity contribution in [2.24, 2.45) is 0 Å². The summed E-state index contributed by atoms with van der Waals surface area (Å²) in [5, 5.41) is 72.8. The molecule has 0 unspecified atom stereocenters. The van der Waals surface area contributed by atoms with Gasteiger partial charge < -0.3 is 10.6 Å². The zero-order valence-electron chi connectivity index (χ0n) is 21.2. The molecule has 21 nitrogen and oxygen atoms in total. The molecule has 3 rings (SSSR count). The van der Waals surface area contributed by atoms with E-state index in [1.54, 1.807) is 10.6 Å². The smallest absolute Gasteiger partial charge is 0.323 e. The van der Waals surface area contributed by atoms with Crippen molar-refractivity contribution in [3.05, 3.63) is 102 Å². The maximum Gasteiger partial charge on any atom is 0.416 e. The van der Waals surface area contributed by atoms with Gasteiger partial charge in [-0.15, -0.1) is 0 Å². The number of nitrogens with zero attached hydrogens (tertiary/aromatic N) is 7. The molecule has 2 N–H and O–H groups in total. The lowest BCUT2D eigenvalue weighted by molar-refractivity contribution is -0.393. The first-order valence-electron chi connectivity index (χ1n) is 11.0. The highest BCUT2D eigenvalue weighted by atomic mass is 19.4. The third kappa shape index (κ3) is 6.70. The number of anilines is 4. The van der Waals surface area contributed by atoms with E-state index in [9.17, 15) is 87.0 Å². The van der Waals surface area contributed by atoms with Gasteiger partial charge in [-0.1, -0.05) is 0 Å². The number of hydrogen-bond acceptors (Lipinski definition) is 15. The van der Waals surface area contributed by atoms with Crippen molar-refractivity contribution in [2.75, 3.05) is 10.6 Å². The molecule has 0 spiro atoms. The van der Waals surface area contributed by atoms with Gasteiger partial charge >= 0.3 is 23.7 Å². The number of benzene rings is 2. The maximum atomic E-state index is 13.3. The summed E-state index contributed by atoms with van der Waals surface area (Å²) < 4.78 is 79.5. The van der Waals surface area contributed by atoms with Crippen LogP contribution in [0.1, 0.15) is 11.1 Å². The standard InChI is InChI=1S/C19H7F6N9O12/c20-18(21,22)6-1-8(29(35)36)14(9(2-6)30(37)38)26-16-12(33(43)44)5-13(34(45)46)17(28-16)27-15-10(31(39)40)3-7(19(23,24)25)4-11(15)32(41)42/h1-5H,(H2,26,27,28). The van der Waals surface area contributed by atoms with E-state index in [1.807, 2.05) is 0 Å². The highest BCUT2D eigenvalue weighted by Crippen LogP contribution is 2.46. The van der Waals surface area contributed by atoms with E-state index in [1.165, 1.54) is 0 Å². The highest BCUT2D eigenvalue weighted by molar-refractivity contribution is 5.86. The van der Waals surface area contributed by atoms with Gasteiger partial charge in [-0.05, 0) is 0 Å². The highest BCUT2D eigenvalue weighted by Gasteiger charge is 2.41. The van der Waals surface area contributed by atoms with Crippen LogP contribution < -0.4 is 10.6 Å². The lowest BCUT2D eigenvalue weighted by Gasteiger charge is -2.13. The first-order valence-corrected chi connectivity index (χ1v) is 11.0. The molecule has 0 bridgehead atoms. The largest absolute Gasteiger partial charge is 0.416 e. The van der Waals surface area contributed by atoms with E-state index in [-0.39, 0.29) is 30.3 Å². The van der Waals surface area contributed by atoms with Crippen molar-refractivity contribution < 1.29 is 55.9 Å². The zero-order valence-corrected chi connectivity index (χ0v) is 21.2. The summed E-state index contributed by atoms with van der Waals surface area (Å²) in [6.07, 6.45) is -10.8. The SMILES string of the molecule is O=[N+]([O-])c1cc([N+](=O)[O-])c(Nc2c([N+](=O)[O-])cc(C(F)(F)F)cc2[N+](=O)[O-])nc1Nc1c([N+](=O)[O-])cc(C(F)(F)F)cc1[N+](=O)[O-]. The second-order valence-electron chi connectivity index (χ2n) is 8.29. The summed E-state index contributed by atoms with van der Waals surface area (Å²) in [5.74, 6) is -2.91. The minimum Gasteiger partial charge on any atom is -0.323 e. The Labute approximate surface area is 244 Å². The van der Waals surface area contributed by atoms with Crippen molar-refractivity contribution >= 4 is 57.1 Å². The van der Waals surface area contributed by atoms with Gasteiger partial charge in [0.2, 0.25) is 11.6 Å². The Morgan fingerprint density at radius 3 is 0.891 bits per heavy atom. The first kappa shape index (κ1) is 33.7. The Morgan fingerprint density at radius 2 is 0.696 bits per heavy atom. The summed E-state index contributed by atoms with van der Waals surface area (Å²) in [5.41, 5.74) is -16.8. The minimum absolute atomic E-state index is 0.0266. The second kappa shape index (κ2) is 11.7. The average Bonchev–Trinajstić information content (AvgIpc) is 2.90. The summed E-state index contributed by atoms with van der Waals surface area (Å²) in [6.45, 7) is 0. The molecule has 0 amide bonds. The van der Waals surface area contributed by atoms with E-state index in [0.29, 0.717) is 0 Å². The van der Waals surface area contributed by atoms with Crippen molar-refractivity contribution in [1.29, 1.82) is 0 Å². The van der Waals surface area contributed by atoms with Gasteiger partial charge in [-0.3, -0.25) is 60.7 Å². The Hall–Kier alpha value is -6.83. The van der Waals surface area contributed by atoms with Gasteiger partial charge in [0.15, 0.2) is 11.4 Å². The number of hydrogen-bond donors (Lipinski definition) is 2. The summed E-state index contributed by atoms with van der Waals surface area (Å²) in [7, 11) is 0. The molecule has 2 aromatic carbocycles. The molecule has 1 aromatic heterocycles. The van der Waals surface area contributed by atoms with Crippen LogP contribution in [0.3, 0.4) is 0 Å². The number of nitrogens with one attached hydrogen (secondary N) is 2. The Morgan fingerprint density at radius 1 is 0.457 bits per heavy atom. The number of halogens is 6. The molecule has 0 aliphatic heterocycles. The van der Waals surface area contributed by atoms with Gasteiger partial charge in [0.1, 0.15) is 6.07 Å². The molecule has 0 saturated carbocycles. The maximum absolute atomic E-state index is 13.3. The monoisotopic (exact) mass is 667 g/mol. The van der Waals surface area contributed by atoms with E-state index in [0.717, 1.165) is 0 Å². The summed E-state index contributed by atoms with van der Waals surface area (Å²) >= 11 is 0. The Bertz CT molecular complexity index is 1670. The molecule has 1 heterocycles. The van der Waals surface area contributed by atoms with Gasteiger partial charge in [-0.2, -0.15) is 31.3 Å². The third-order valence-corrected chi connectivity index (χ3v) is 5.50. The van der Waals surface area contributed by atoms with Crippen LogP contribution in [0.5, 0.6) is 0 Å². The van der Waals surface area contributed by atoms with Crippen LogP contribution >= 0.6 is 0 Å². The predicted octanol–water partition coefficient (Wildman–Crippen LogP) is 6.06. The van der Waals surface area contributed by atoms with Crippen molar-refractivity contribution in [1.82, 2.24) is 4.98 Å². The van der Waals surface area contributed by atoms with Crippen molar-refractivity contribution in [2.45, 2.75) is 12.4 Å². The van der Waals surface area contributed by atoms with Crippen LogP contribution in [0.4, 0.5) is 83.5 Å². The lowest BCUT2D eigenvalue weighted by atomic mass is 10.1. The fraction of sp³-hybridized carbons (Fsp3) is 0.105. The van der Waals surface area contributed by atoms with Crippen LogP contribution in [0.15, 0.2) is 30.3 Å². The van der Waals surface area contributed by atoms with Crippen LogP contribution in [-0.4, -0.2) is 34.5 Å². The minimum atomic E-state index is -5.39. The summed E-state index contributed by atoms with van der Waals surface area (Å²) in [4.78, 5) is 63.6. The third-order valence-electron chi connectivity index (χ3n) is 5.50. The number of nitro groups is 6. The number of pyridine rings is 1. The van der Waals surface area contributed by atoms with E-state index in [2.05, 4.69) is 4.98 Å². The van der Waals surface area contributed by atoms with Gasteiger partial charge in [0, 0.05) is 24.3 Å². The molecule has 46 heavy (non-hydrogen) atoms. The predicted molar refractivity (Wildman–Crippen MR) is 134 cm³/mol. The number of alkyl halides is 6. The molecule has 242 valence electrons. The van der Waals surface area contributed by atoms with Gasteiger partial charge in [0.25, 0.3) is 22.7 Å². The fourth-order valence-electron chi connectivity index (χ4n) is 3.57.